The number of likely N-dealkylation sites (N-methyl/N-ethyl adjacent to an activating group) is 1. The van der Waals surface area contributed by atoms with Crippen LogP contribution in [0.5, 0.6) is 0 Å². The number of hydrogen-bond acceptors (Lipinski definition) is 3. The summed E-state index contributed by atoms with van der Waals surface area (Å²) >= 11 is 0. The molecule has 0 saturated heterocycles. The number of urea groups is 1. The van der Waals surface area contributed by atoms with Gasteiger partial charge in [-0.15, -0.1) is 0 Å². The summed E-state index contributed by atoms with van der Waals surface area (Å²) in [6.45, 7) is 3.85. The normalized spacial score (nSPS) is 16.4. The van der Waals surface area contributed by atoms with E-state index in [1.54, 1.807) is 0 Å². The molecule has 0 aromatic heterocycles. The van der Waals surface area contributed by atoms with Gasteiger partial charge in [0.2, 0.25) is 0 Å². The molecule has 0 spiro atoms. The van der Waals surface area contributed by atoms with Gasteiger partial charge in [0, 0.05) is 13.6 Å². The van der Waals surface area contributed by atoms with Gasteiger partial charge in [0.15, 0.2) is 0 Å². The standard InChI is InChI=1S/C13H24N2O4/c1-13(2,11(16)17)15(3)12(18)14-8-9-19-10-6-4-5-7-10/h10H,4-9H2,1-3H3,(H,14,18)(H,16,17). The average Bonchev–Trinajstić information content (AvgIpc) is 2.86. The minimum Gasteiger partial charge on any atom is -0.480 e. The zero-order valence-corrected chi connectivity index (χ0v) is 11.9. The van der Waals surface area contributed by atoms with Gasteiger partial charge in [0.25, 0.3) is 0 Å². The number of carboxylic acid groups (broad SMARTS) is 1. The van der Waals surface area contributed by atoms with E-state index in [-0.39, 0.29) is 0 Å². The van der Waals surface area contributed by atoms with Gasteiger partial charge < -0.3 is 20.1 Å². The Labute approximate surface area is 114 Å². The van der Waals surface area contributed by atoms with Crippen LogP contribution in [0.1, 0.15) is 39.5 Å². The maximum absolute atomic E-state index is 11.8. The number of ether oxygens (including phenoxy) is 1. The van der Waals surface area contributed by atoms with Crippen molar-refractivity contribution in [3.63, 3.8) is 0 Å². The van der Waals surface area contributed by atoms with E-state index >= 15 is 0 Å². The number of amides is 2. The lowest BCUT2D eigenvalue weighted by atomic mass is 10.1. The summed E-state index contributed by atoms with van der Waals surface area (Å²) in [6, 6.07) is -0.401. The third-order valence-corrected chi connectivity index (χ3v) is 3.70. The first kappa shape index (κ1) is 15.8. The summed E-state index contributed by atoms with van der Waals surface area (Å²) in [5.74, 6) is -1.03. The lowest BCUT2D eigenvalue weighted by Gasteiger charge is -2.31. The van der Waals surface area contributed by atoms with Crippen LogP contribution >= 0.6 is 0 Å². The van der Waals surface area contributed by atoms with Crippen LogP contribution in [0.15, 0.2) is 0 Å². The number of carbonyl (C=O) groups excluding carboxylic acids is 1. The lowest BCUT2D eigenvalue weighted by Crippen LogP contribution is -2.54. The van der Waals surface area contributed by atoms with Crippen molar-refractivity contribution in [1.29, 1.82) is 0 Å². The Morgan fingerprint density at radius 2 is 1.95 bits per heavy atom. The van der Waals surface area contributed by atoms with Crippen molar-refractivity contribution in [2.24, 2.45) is 0 Å². The second-order valence-corrected chi connectivity index (χ2v) is 5.43. The summed E-state index contributed by atoms with van der Waals surface area (Å²) in [4.78, 5) is 24.0. The summed E-state index contributed by atoms with van der Waals surface area (Å²) in [6.07, 6.45) is 4.95. The number of aliphatic carboxylic acids is 1. The van der Waals surface area contributed by atoms with Crippen LogP contribution in [0, 0.1) is 0 Å². The van der Waals surface area contributed by atoms with E-state index in [2.05, 4.69) is 5.32 Å². The predicted octanol–water partition coefficient (Wildman–Crippen LogP) is 1.45. The minimum absolute atomic E-state index is 0.324. The van der Waals surface area contributed by atoms with Gasteiger partial charge in [-0.1, -0.05) is 12.8 Å². The van der Waals surface area contributed by atoms with Crippen molar-refractivity contribution in [2.75, 3.05) is 20.2 Å². The van der Waals surface area contributed by atoms with Gasteiger partial charge in [0.05, 0.1) is 12.7 Å². The number of carbonyl (C=O) groups is 2. The maximum Gasteiger partial charge on any atom is 0.329 e. The number of carboxylic acids is 1. The largest absolute Gasteiger partial charge is 0.480 e. The third-order valence-electron chi connectivity index (χ3n) is 3.70. The first-order valence-electron chi connectivity index (χ1n) is 6.72. The molecule has 0 atom stereocenters. The Morgan fingerprint density at radius 1 is 1.37 bits per heavy atom. The minimum atomic E-state index is -1.23. The summed E-state index contributed by atoms with van der Waals surface area (Å²) < 4.78 is 5.62. The van der Waals surface area contributed by atoms with E-state index in [4.69, 9.17) is 9.84 Å². The van der Waals surface area contributed by atoms with Gasteiger partial charge in [-0.05, 0) is 26.7 Å². The van der Waals surface area contributed by atoms with Crippen molar-refractivity contribution < 1.29 is 19.4 Å². The van der Waals surface area contributed by atoms with Crippen LogP contribution in [-0.2, 0) is 9.53 Å². The van der Waals surface area contributed by atoms with Gasteiger partial charge >= 0.3 is 12.0 Å². The van der Waals surface area contributed by atoms with E-state index < -0.39 is 17.5 Å². The lowest BCUT2D eigenvalue weighted by molar-refractivity contribution is -0.146. The van der Waals surface area contributed by atoms with E-state index in [1.807, 2.05) is 0 Å². The highest BCUT2D eigenvalue weighted by Gasteiger charge is 2.35. The van der Waals surface area contributed by atoms with Crippen molar-refractivity contribution >= 4 is 12.0 Å². The van der Waals surface area contributed by atoms with Gasteiger partial charge in [-0.2, -0.15) is 0 Å². The van der Waals surface area contributed by atoms with Crippen LogP contribution in [0.4, 0.5) is 4.79 Å². The summed E-state index contributed by atoms with van der Waals surface area (Å²) in [5.41, 5.74) is -1.23. The molecule has 0 radical (unpaired) electrons. The van der Waals surface area contributed by atoms with Crippen molar-refractivity contribution in [3.05, 3.63) is 0 Å². The molecule has 2 N–H and O–H groups in total. The first-order chi connectivity index (χ1) is 8.85. The molecule has 1 fully saturated rings. The van der Waals surface area contributed by atoms with Crippen LogP contribution < -0.4 is 5.32 Å². The summed E-state index contributed by atoms with van der Waals surface area (Å²) in [5, 5.41) is 11.7. The fourth-order valence-corrected chi connectivity index (χ4v) is 1.95. The molecule has 1 saturated carbocycles. The molecule has 1 rings (SSSR count). The molecule has 2 amide bonds. The fraction of sp³-hybridized carbons (Fsp3) is 0.846. The Balaban J connectivity index is 2.24. The van der Waals surface area contributed by atoms with Crippen LogP contribution in [-0.4, -0.2) is 53.8 Å². The van der Waals surface area contributed by atoms with Crippen LogP contribution in [0.3, 0.4) is 0 Å². The molecular formula is C13H24N2O4. The second-order valence-electron chi connectivity index (χ2n) is 5.43. The predicted molar refractivity (Wildman–Crippen MR) is 71.1 cm³/mol. The molecule has 6 nitrogen and oxygen atoms in total. The van der Waals surface area contributed by atoms with Crippen molar-refractivity contribution in [3.8, 4) is 0 Å². The quantitative estimate of drug-likeness (QED) is 0.717. The average molecular weight is 272 g/mol. The van der Waals surface area contributed by atoms with Crippen molar-refractivity contribution in [1.82, 2.24) is 10.2 Å². The molecule has 19 heavy (non-hydrogen) atoms. The molecule has 1 aliphatic rings. The molecular weight excluding hydrogens is 248 g/mol. The highest BCUT2D eigenvalue weighted by atomic mass is 16.5. The molecule has 110 valence electrons. The highest BCUT2D eigenvalue weighted by molar-refractivity contribution is 5.85. The first-order valence-corrected chi connectivity index (χ1v) is 6.72. The van der Waals surface area contributed by atoms with E-state index in [0.29, 0.717) is 19.3 Å². The SMILES string of the molecule is CN(C(=O)NCCOC1CCCC1)C(C)(C)C(=O)O. The fourth-order valence-electron chi connectivity index (χ4n) is 1.95. The third kappa shape index (κ3) is 4.38. The van der Waals surface area contributed by atoms with E-state index in [9.17, 15) is 9.59 Å². The van der Waals surface area contributed by atoms with Gasteiger partial charge in [-0.25, -0.2) is 9.59 Å². The number of hydrogen-bond donors (Lipinski definition) is 2. The maximum atomic E-state index is 11.8. The zero-order chi connectivity index (χ0) is 14.5. The number of nitrogens with one attached hydrogen (secondary N) is 1. The molecule has 0 unspecified atom stereocenters. The molecule has 0 bridgehead atoms. The van der Waals surface area contributed by atoms with E-state index in [1.165, 1.54) is 38.6 Å². The Hall–Kier alpha value is -1.30. The molecule has 0 heterocycles. The van der Waals surface area contributed by atoms with Crippen LogP contribution in [0.25, 0.3) is 0 Å². The Morgan fingerprint density at radius 3 is 2.47 bits per heavy atom. The molecule has 0 aromatic rings. The molecule has 1 aliphatic carbocycles. The molecule has 0 aromatic carbocycles. The number of nitrogens with zero attached hydrogens (tertiary/aromatic N) is 1. The Kier molecular flexibility index (Phi) is 5.60. The van der Waals surface area contributed by atoms with Gasteiger partial charge in [-0.3, -0.25) is 0 Å². The van der Waals surface area contributed by atoms with Crippen molar-refractivity contribution in [2.45, 2.75) is 51.2 Å². The van der Waals surface area contributed by atoms with E-state index in [0.717, 1.165) is 12.8 Å². The topological polar surface area (TPSA) is 78.9 Å². The zero-order valence-electron chi connectivity index (χ0n) is 11.9. The molecule has 6 heteroatoms. The number of rotatable bonds is 6. The second kappa shape index (κ2) is 6.75. The molecule has 0 aliphatic heterocycles. The van der Waals surface area contributed by atoms with Gasteiger partial charge in [0.1, 0.15) is 5.54 Å². The van der Waals surface area contributed by atoms with Crippen LogP contribution in [0.2, 0.25) is 0 Å². The monoisotopic (exact) mass is 272 g/mol. The summed E-state index contributed by atoms with van der Waals surface area (Å²) in [7, 11) is 1.47. The smallest absolute Gasteiger partial charge is 0.329 e. The Bertz CT molecular complexity index is 325. The highest BCUT2D eigenvalue weighted by Crippen LogP contribution is 2.20.